The molecular formula is C28H28N4O3S. The van der Waals surface area contributed by atoms with Crippen molar-refractivity contribution in [3.63, 3.8) is 0 Å². The van der Waals surface area contributed by atoms with Crippen molar-refractivity contribution in [3.05, 3.63) is 72.0 Å². The van der Waals surface area contributed by atoms with Crippen molar-refractivity contribution >= 4 is 44.0 Å². The molecule has 0 fully saturated rings. The number of hydrogen-bond donors (Lipinski definition) is 1. The van der Waals surface area contributed by atoms with Gasteiger partial charge in [-0.15, -0.1) is 11.3 Å². The van der Waals surface area contributed by atoms with Crippen LogP contribution in [0.2, 0.25) is 0 Å². The molecule has 7 nitrogen and oxygen atoms in total. The van der Waals surface area contributed by atoms with E-state index in [1.54, 1.807) is 17.7 Å². The van der Waals surface area contributed by atoms with Crippen LogP contribution in [0.15, 0.2) is 66.4 Å². The molecule has 36 heavy (non-hydrogen) atoms. The maximum atomic E-state index is 6.13. The molecular weight excluding hydrogens is 472 g/mol. The predicted molar refractivity (Wildman–Crippen MR) is 145 cm³/mol. The van der Waals surface area contributed by atoms with Crippen LogP contribution in [0.3, 0.4) is 0 Å². The summed E-state index contributed by atoms with van der Waals surface area (Å²) >= 11 is 1.62. The fourth-order valence-electron chi connectivity index (χ4n) is 3.80. The number of thiazole rings is 1. The van der Waals surface area contributed by atoms with Gasteiger partial charge in [0.25, 0.3) is 0 Å². The molecule has 5 rings (SSSR count). The van der Waals surface area contributed by atoms with E-state index < -0.39 is 0 Å². The van der Waals surface area contributed by atoms with Crippen LogP contribution < -0.4 is 14.8 Å². The summed E-state index contributed by atoms with van der Waals surface area (Å²) in [6.45, 7) is 6.01. The third-order valence-corrected chi connectivity index (χ3v) is 6.52. The SMILES string of the molecule is CCCCOCCOc1ccc2ncnc(Nc3ccc(Oc4ccc5scnc5c4)c(C)c3)c2c1. The van der Waals surface area contributed by atoms with E-state index in [1.807, 2.05) is 67.0 Å². The highest BCUT2D eigenvalue weighted by molar-refractivity contribution is 7.16. The molecule has 0 spiro atoms. The van der Waals surface area contributed by atoms with Crippen LogP contribution in [0.5, 0.6) is 17.2 Å². The number of anilines is 2. The number of aryl methyl sites for hydroxylation is 1. The number of aromatic nitrogens is 3. The van der Waals surface area contributed by atoms with Gasteiger partial charge in [-0.25, -0.2) is 15.0 Å². The third-order valence-electron chi connectivity index (χ3n) is 5.71. The van der Waals surface area contributed by atoms with Gasteiger partial charge in [0.15, 0.2) is 0 Å². The topological polar surface area (TPSA) is 78.4 Å². The van der Waals surface area contributed by atoms with Crippen molar-refractivity contribution in [1.82, 2.24) is 15.0 Å². The second-order valence-corrected chi connectivity index (χ2v) is 9.29. The van der Waals surface area contributed by atoms with Gasteiger partial charge in [0.05, 0.1) is 27.9 Å². The molecule has 0 amide bonds. The molecule has 0 atom stereocenters. The van der Waals surface area contributed by atoms with E-state index in [4.69, 9.17) is 14.2 Å². The van der Waals surface area contributed by atoms with Crippen molar-refractivity contribution in [2.75, 3.05) is 25.1 Å². The summed E-state index contributed by atoms with van der Waals surface area (Å²) in [7, 11) is 0. The van der Waals surface area contributed by atoms with Crippen LogP contribution in [0.4, 0.5) is 11.5 Å². The highest BCUT2D eigenvalue weighted by Gasteiger charge is 2.09. The Hall–Kier alpha value is -3.75. The van der Waals surface area contributed by atoms with Crippen molar-refractivity contribution in [1.29, 1.82) is 0 Å². The lowest BCUT2D eigenvalue weighted by Gasteiger charge is -2.13. The zero-order chi connectivity index (χ0) is 24.7. The number of nitrogens with one attached hydrogen (secondary N) is 1. The van der Waals surface area contributed by atoms with Gasteiger partial charge in [-0.3, -0.25) is 0 Å². The molecule has 184 valence electrons. The van der Waals surface area contributed by atoms with Gasteiger partial charge in [0.1, 0.15) is 36.0 Å². The molecule has 5 aromatic rings. The zero-order valence-corrected chi connectivity index (χ0v) is 21.2. The minimum Gasteiger partial charge on any atom is -0.491 e. The second-order valence-electron chi connectivity index (χ2n) is 8.40. The summed E-state index contributed by atoms with van der Waals surface area (Å²) in [6, 6.07) is 17.8. The first kappa shape index (κ1) is 24.0. The first-order valence-corrected chi connectivity index (χ1v) is 12.9. The van der Waals surface area contributed by atoms with Crippen molar-refractivity contribution in [2.24, 2.45) is 0 Å². The molecule has 0 aliphatic rings. The van der Waals surface area contributed by atoms with Gasteiger partial charge in [0.2, 0.25) is 0 Å². The molecule has 1 N–H and O–H groups in total. The minimum absolute atomic E-state index is 0.502. The summed E-state index contributed by atoms with van der Waals surface area (Å²) in [5, 5.41) is 4.31. The maximum Gasteiger partial charge on any atom is 0.141 e. The van der Waals surface area contributed by atoms with Crippen molar-refractivity contribution in [2.45, 2.75) is 26.7 Å². The van der Waals surface area contributed by atoms with Gasteiger partial charge >= 0.3 is 0 Å². The van der Waals surface area contributed by atoms with Crippen LogP contribution in [0.1, 0.15) is 25.3 Å². The minimum atomic E-state index is 0.502. The average Bonchev–Trinajstić information content (AvgIpc) is 3.36. The Morgan fingerprint density at radius 2 is 1.78 bits per heavy atom. The highest BCUT2D eigenvalue weighted by Crippen LogP contribution is 2.32. The molecule has 8 heteroatoms. The van der Waals surface area contributed by atoms with E-state index in [-0.39, 0.29) is 0 Å². The lowest BCUT2D eigenvalue weighted by Crippen LogP contribution is -2.07. The molecule has 0 saturated carbocycles. The molecule has 0 aliphatic heterocycles. The van der Waals surface area contributed by atoms with E-state index in [0.29, 0.717) is 19.0 Å². The Balaban J connectivity index is 1.28. The second kappa shape index (κ2) is 11.3. The lowest BCUT2D eigenvalue weighted by atomic mass is 10.2. The van der Waals surface area contributed by atoms with Gasteiger partial charge in [-0.1, -0.05) is 13.3 Å². The van der Waals surface area contributed by atoms with Crippen LogP contribution >= 0.6 is 11.3 Å². The normalized spacial score (nSPS) is 11.2. The van der Waals surface area contributed by atoms with E-state index in [9.17, 15) is 0 Å². The largest absolute Gasteiger partial charge is 0.491 e. The Labute approximate surface area is 214 Å². The summed E-state index contributed by atoms with van der Waals surface area (Å²) in [4.78, 5) is 13.2. The first-order chi connectivity index (χ1) is 17.7. The Kier molecular flexibility index (Phi) is 7.54. The van der Waals surface area contributed by atoms with Crippen LogP contribution in [0.25, 0.3) is 21.1 Å². The Morgan fingerprint density at radius 3 is 2.67 bits per heavy atom. The molecule has 0 radical (unpaired) electrons. The fraction of sp³-hybridized carbons (Fsp3) is 0.250. The number of nitrogens with zero attached hydrogens (tertiary/aromatic N) is 3. The van der Waals surface area contributed by atoms with Crippen LogP contribution in [-0.4, -0.2) is 34.8 Å². The molecule has 0 unspecified atom stereocenters. The number of rotatable bonds is 11. The van der Waals surface area contributed by atoms with Gasteiger partial charge < -0.3 is 19.5 Å². The number of hydrogen-bond acceptors (Lipinski definition) is 8. The maximum absolute atomic E-state index is 6.13. The van der Waals surface area contributed by atoms with Crippen molar-refractivity contribution < 1.29 is 14.2 Å². The summed E-state index contributed by atoms with van der Waals surface area (Å²) in [5.41, 5.74) is 5.54. The third kappa shape index (κ3) is 5.72. The smallest absolute Gasteiger partial charge is 0.141 e. The van der Waals surface area contributed by atoms with Crippen molar-refractivity contribution in [3.8, 4) is 17.2 Å². The number of unbranched alkanes of at least 4 members (excludes halogenated alkanes) is 1. The monoisotopic (exact) mass is 500 g/mol. The zero-order valence-electron chi connectivity index (χ0n) is 20.4. The molecule has 2 aromatic heterocycles. The summed E-state index contributed by atoms with van der Waals surface area (Å²) in [5.74, 6) is 3.03. The number of benzene rings is 3. The highest BCUT2D eigenvalue weighted by atomic mass is 32.1. The predicted octanol–water partition coefficient (Wildman–Crippen LogP) is 7.28. The Morgan fingerprint density at radius 1 is 0.861 bits per heavy atom. The molecule has 0 aliphatic carbocycles. The molecule has 3 aromatic carbocycles. The molecule has 0 bridgehead atoms. The number of ether oxygens (including phenoxy) is 3. The Bertz CT molecular complexity index is 1470. The van der Waals surface area contributed by atoms with E-state index in [2.05, 4.69) is 27.2 Å². The molecule has 2 heterocycles. The van der Waals surface area contributed by atoms with Gasteiger partial charge in [-0.05, 0) is 67.4 Å². The van der Waals surface area contributed by atoms with Crippen LogP contribution in [-0.2, 0) is 4.74 Å². The first-order valence-electron chi connectivity index (χ1n) is 12.0. The van der Waals surface area contributed by atoms with E-state index >= 15 is 0 Å². The quantitative estimate of drug-likeness (QED) is 0.191. The van der Waals surface area contributed by atoms with Gasteiger partial charge in [-0.2, -0.15) is 0 Å². The average molecular weight is 501 g/mol. The van der Waals surface area contributed by atoms with E-state index in [0.717, 1.165) is 69.1 Å². The number of fused-ring (bicyclic) bond motifs is 2. The fourth-order valence-corrected chi connectivity index (χ4v) is 4.46. The molecule has 0 saturated heterocycles. The standard InChI is InChI=1S/C28H28N4O3S/c1-3-4-11-33-12-13-34-21-6-8-24-23(15-21)28(30-17-29-24)32-20-5-9-26(19(2)14-20)35-22-7-10-27-25(16-22)31-18-36-27/h5-10,14-18H,3-4,11-13H2,1-2H3,(H,29,30,32). The van der Waals surface area contributed by atoms with E-state index in [1.165, 1.54) is 0 Å². The summed E-state index contributed by atoms with van der Waals surface area (Å²) < 4.78 is 18.7. The summed E-state index contributed by atoms with van der Waals surface area (Å²) in [6.07, 6.45) is 3.75. The lowest BCUT2D eigenvalue weighted by molar-refractivity contribution is 0.0981. The van der Waals surface area contributed by atoms with Gasteiger partial charge in [0, 0.05) is 23.7 Å². The van der Waals surface area contributed by atoms with Crippen LogP contribution in [0, 0.1) is 6.92 Å².